The van der Waals surface area contributed by atoms with Gasteiger partial charge in [-0.2, -0.15) is 13.2 Å². The molecular formula is C15H13F3N2O3. The third kappa shape index (κ3) is 2.47. The highest BCUT2D eigenvalue weighted by Gasteiger charge is 2.45. The fraction of sp³-hybridized carbons (Fsp3) is 0.400. The van der Waals surface area contributed by atoms with Crippen LogP contribution >= 0.6 is 0 Å². The number of halogens is 3. The molecule has 3 rings (SSSR count). The smallest absolute Gasteiger partial charge is 0.322 e. The van der Waals surface area contributed by atoms with Gasteiger partial charge in [-0.05, 0) is 24.5 Å². The van der Waals surface area contributed by atoms with E-state index in [0.717, 1.165) is 4.90 Å². The Morgan fingerprint density at radius 1 is 1.22 bits per heavy atom. The number of aryl methyl sites for hydroxylation is 1. The Kier molecular flexibility index (Phi) is 3.42. The minimum absolute atomic E-state index is 0.0327. The van der Waals surface area contributed by atoms with E-state index >= 15 is 0 Å². The van der Waals surface area contributed by atoms with E-state index in [-0.39, 0.29) is 36.1 Å². The lowest BCUT2D eigenvalue weighted by Crippen LogP contribution is -2.52. The van der Waals surface area contributed by atoms with Gasteiger partial charge in [-0.3, -0.25) is 19.7 Å². The van der Waals surface area contributed by atoms with Crippen LogP contribution in [0.25, 0.3) is 0 Å². The Labute approximate surface area is 129 Å². The maximum absolute atomic E-state index is 13.3. The van der Waals surface area contributed by atoms with Gasteiger partial charge in [0.25, 0.3) is 5.91 Å². The standard InChI is InChI=1S/C15H13F3N2O3/c1-7-2-3-8-6-20(9-4-5-10(21)19-13(9)22)14(23)11(8)12(7)15(16,17)18/h2-3,9H,4-6H2,1H3,(H,19,21,22). The fourth-order valence-electron chi connectivity index (χ4n) is 3.12. The molecule has 0 spiro atoms. The zero-order valence-corrected chi connectivity index (χ0v) is 12.2. The van der Waals surface area contributed by atoms with Crippen LogP contribution in [-0.4, -0.2) is 28.7 Å². The van der Waals surface area contributed by atoms with E-state index in [1.807, 2.05) is 0 Å². The molecule has 2 heterocycles. The number of piperidine rings is 1. The molecule has 0 radical (unpaired) electrons. The molecule has 0 saturated carbocycles. The van der Waals surface area contributed by atoms with Crippen molar-refractivity contribution in [3.05, 3.63) is 34.4 Å². The van der Waals surface area contributed by atoms with E-state index in [1.165, 1.54) is 19.1 Å². The molecule has 23 heavy (non-hydrogen) atoms. The molecule has 3 amide bonds. The van der Waals surface area contributed by atoms with Gasteiger partial charge >= 0.3 is 6.18 Å². The zero-order chi connectivity index (χ0) is 16.9. The number of nitrogens with zero attached hydrogens (tertiary/aromatic N) is 1. The molecule has 8 heteroatoms. The maximum Gasteiger partial charge on any atom is 0.417 e. The first-order chi connectivity index (χ1) is 10.7. The molecule has 2 aliphatic heterocycles. The highest BCUT2D eigenvalue weighted by Crippen LogP contribution is 2.40. The fourth-order valence-corrected chi connectivity index (χ4v) is 3.12. The lowest BCUT2D eigenvalue weighted by atomic mass is 9.97. The Balaban J connectivity index is 2.00. The topological polar surface area (TPSA) is 66.5 Å². The third-order valence-corrected chi connectivity index (χ3v) is 4.19. The summed E-state index contributed by atoms with van der Waals surface area (Å²) in [5.41, 5.74) is -1.12. The Bertz CT molecular complexity index is 727. The van der Waals surface area contributed by atoms with Crippen LogP contribution in [0.1, 0.15) is 39.9 Å². The predicted octanol–water partition coefficient (Wildman–Crippen LogP) is 1.77. The molecule has 122 valence electrons. The molecule has 1 atom stereocenters. The largest absolute Gasteiger partial charge is 0.417 e. The van der Waals surface area contributed by atoms with Crippen molar-refractivity contribution in [1.29, 1.82) is 0 Å². The molecule has 1 saturated heterocycles. The van der Waals surface area contributed by atoms with Crippen molar-refractivity contribution >= 4 is 17.7 Å². The molecule has 2 aliphatic rings. The van der Waals surface area contributed by atoms with Gasteiger partial charge in [0.2, 0.25) is 11.8 Å². The van der Waals surface area contributed by atoms with Crippen molar-refractivity contribution in [2.75, 3.05) is 0 Å². The minimum Gasteiger partial charge on any atom is -0.322 e. The van der Waals surface area contributed by atoms with E-state index in [4.69, 9.17) is 0 Å². The second kappa shape index (κ2) is 5.07. The average Bonchev–Trinajstić information content (AvgIpc) is 2.75. The van der Waals surface area contributed by atoms with Crippen molar-refractivity contribution in [3.8, 4) is 0 Å². The van der Waals surface area contributed by atoms with Gasteiger partial charge in [0, 0.05) is 13.0 Å². The number of nitrogens with one attached hydrogen (secondary N) is 1. The number of imide groups is 1. The Morgan fingerprint density at radius 2 is 1.91 bits per heavy atom. The SMILES string of the molecule is Cc1ccc2c(c1C(F)(F)F)C(=O)N(C1CCC(=O)NC1=O)C2. The first kappa shape index (κ1) is 15.5. The van der Waals surface area contributed by atoms with E-state index in [1.54, 1.807) is 0 Å². The zero-order valence-electron chi connectivity index (χ0n) is 12.2. The summed E-state index contributed by atoms with van der Waals surface area (Å²) in [6.07, 6.45) is -4.47. The highest BCUT2D eigenvalue weighted by atomic mass is 19.4. The maximum atomic E-state index is 13.3. The summed E-state index contributed by atoms with van der Waals surface area (Å²) in [4.78, 5) is 36.7. The number of amides is 3. The van der Waals surface area contributed by atoms with Crippen LogP contribution in [-0.2, 0) is 22.3 Å². The van der Waals surface area contributed by atoms with Gasteiger partial charge in [-0.25, -0.2) is 0 Å². The first-order valence-corrected chi connectivity index (χ1v) is 7.04. The average molecular weight is 326 g/mol. The lowest BCUT2D eigenvalue weighted by molar-refractivity contribution is -0.138. The highest BCUT2D eigenvalue weighted by molar-refractivity contribution is 6.06. The molecule has 5 nitrogen and oxygen atoms in total. The second-order valence-electron chi connectivity index (χ2n) is 5.69. The van der Waals surface area contributed by atoms with Crippen molar-refractivity contribution < 1.29 is 27.6 Å². The van der Waals surface area contributed by atoms with Gasteiger partial charge in [-0.1, -0.05) is 12.1 Å². The summed E-state index contributed by atoms with van der Waals surface area (Å²) < 4.78 is 39.8. The van der Waals surface area contributed by atoms with Crippen LogP contribution in [0.4, 0.5) is 13.2 Å². The van der Waals surface area contributed by atoms with Crippen molar-refractivity contribution in [3.63, 3.8) is 0 Å². The minimum atomic E-state index is -4.65. The molecular weight excluding hydrogens is 313 g/mol. The van der Waals surface area contributed by atoms with Crippen LogP contribution in [0.5, 0.6) is 0 Å². The van der Waals surface area contributed by atoms with Crippen LogP contribution in [0, 0.1) is 6.92 Å². The van der Waals surface area contributed by atoms with Gasteiger partial charge in [0.05, 0.1) is 11.1 Å². The quantitative estimate of drug-likeness (QED) is 0.800. The Hall–Kier alpha value is -2.38. The second-order valence-corrected chi connectivity index (χ2v) is 5.69. The van der Waals surface area contributed by atoms with Gasteiger partial charge in [-0.15, -0.1) is 0 Å². The van der Waals surface area contributed by atoms with E-state index in [9.17, 15) is 27.6 Å². The molecule has 0 bridgehead atoms. The third-order valence-electron chi connectivity index (χ3n) is 4.19. The van der Waals surface area contributed by atoms with Crippen molar-refractivity contribution in [1.82, 2.24) is 10.2 Å². The first-order valence-electron chi connectivity index (χ1n) is 7.04. The number of benzene rings is 1. The lowest BCUT2D eigenvalue weighted by Gasteiger charge is -2.29. The summed E-state index contributed by atoms with van der Waals surface area (Å²) in [7, 11) is 0. The predicted molar refractivity (Wildman–Crippen MR) is 72.2 cm³/mol. The van der Waals surface area contributed by atoms with Gasteiger partial charge < -0.3 is 4.90 Å². The summed E-state index contributed by atoms with van der Waals surface area (Å²) in [6.45, 7) is 1.23. The van der Waals surface area contributed by atoms with Crippen molar-refractivity contribution in [2.45, 2.75) is 38.5 Å². The number of carbonyl (C=O) groups excluding carboxylic acids is 3. The number of hydrogen-bond donors (Lipinski definition) is 1. The molecule has 0 aromatic heterocycles. The monoisotopic (exact) mass is 326 g/mol. The van der Waals surface area contributed by atoms with E-state index in [2.05, 4.69) is 5.32 Å². The number of alkyl halides is 3. The normalized spacial score (nSPS) is 21.5. The summed E-state index contributed by atoms with van der Waals surface area (Å²) in [5.74, 6) is -1.90. The van der Waals surface area contributed by atoms with Gasteiger partial charge in [0.1, 0.15) is 6.04 Å². The van der Waals surface area contributed by atoms with Crippen LogP contribution in [0.15, 0.2) is 12.1 Å². The number of fused-ring (bicyclic) bond motifs is 1. The molecule has 1 unspecified atom stereocenters. The van der Waals surface area contributed by atoms with E-state index in [0.29, 0.717) is 0 Å². The Morgan fingerprint density at radius 3 is 2.52 bits per heavy atom. The molecule has 1 aromatic carbocycles. The van der Waals surface area contributed by atoms with Gasteiger partial charge in [0.15, 0.2) is 0 Å². The molecule has 1 aromatic rings. The summed E-state index contributed by atoms with van der Waals surface area (Å²) >= 11 is 0. The molecule has 1 fully saturated rings. The summed E-state index contributed by atoms with van der Waals surface area (Å²) in [6, 6.07) is 1.88. The van der Waals surface area contributed by atoms with Crippen LogP contribution in [0.3, 0.4) is 0 Å². The summed E-state index contributed by atoms with van der Waals surface area (Å²) in [5, 5.41) is 2.12. The van der Waals surface area contributed by atoms with Crippen LogP contribution in [0.2, 0.25) is 0 Å². The number of carbonyl (C=O) groups is 3. The van der Waals surface area contributed by atoms with E-state index < -0.39 is 35.5 Å². The van der Waals surface area contributed by atoms with Crippen LogP contribution < -0.4 is 5.32 Å². The molecule has 0 aliphatic carbocycles. The van der Waals surface area contributed by atoms with Crippen molar-refractivity contribution in [2.24, 2.45) is 0 Å². The number of hydrogen-bond acceptors (Lipinski definition) is 3. The number of rotatable bonds is 1. The molecule has 1 N–H and O–H groups in total.